The maximum absolute atomic E-state index is 11.2. The lowest BCUT2D eigenvalue weighted by atomic mass is 10.1. The Morgan fingerprint density at radius 1 is 1.04 bits per heavy atom. The van der Waals surface area contributed by atoms with Crippen LogP contribution in [0.5, 0.6) is 0 Å². The van der Waals surface area contributed by atoms with E-state index < -0.39 is 0 Å². The molecule has 0 unspecified atom stereocenters. The number of esters is 1. The lowest BCUT2D eigenvalue weighted by Gasteiger charge is -2.12. The topological polar surface area (TPSA) is 72.0 Å². The van der Waals surface area contributed by atoms with E-state index >= 15 is 0 Å². The summed E-state index contributed by atoms with van der Waals surface area (Å²) in [7, 11) is 1.77. The van der Waals surface area contributed by atoms with Crippen LogP contribution in [-0.2, 0) is 14.3 Å². The predicted molar refractivity (Wildman–Crippen MR) is 99.4 cm³/mol. The van der Waals surface area contributed by atoms with Gasteiger partial charge in [-0.1, -0.05) is 26.7 Å². The van der Waals surface area contributed by atoms with Crippen molar-refractivity contribution in [1.29, 1.82) is 0 Å². The SMILES string of the molecule is CCOC(=O)CCCCCCNC(=NC)NCCOCCC(C)C. The van der Waals surface area contributed by atoms with E-state index in [0.717, 1.165) is 57.8 Å². The van der Waals surface area contributed by atoms with Crippen LogP contribution in [0.4, 0.5) is 0 Å². The molecule has 2 N–H and O–H groups in total. The molecule has 0 aliphatic carbocycles. The highest BCUT2D eigenvalue weighted by Crippen LogP contribution is 2.03. The first-order chi connectivity index (χ1) is 11.6. The molecular weight excluding hydrogens is 306 g/mol. The predicted octanol–water partition coefficient (Wildman–Crippen LogP) is 2.73. The molecule has 0 bridgehead atoms. The highest BCUT2D eigenvalue weighted by atomic mass is 16.5. The van der Waals surface area contributed by atoms with E-state index in [1.54, 1.807) is 7.05 Å². The molecule has 0 aliphatic heterocycles. The van der Waals surface area contributed by atoms with E-state index in [0.29, 0.717) is 25.6 Å². The molecule has 0 rings (SSSR count). The van der Waals surface area contributed by atoms with E-state index in [1.165, 1.54) is 0 Å². The van der Waals surface area contributed by atoms with Crippen molar-refractivity contribution in [2.75, 3.05) is 40.0 Å². The average molecular weight is 344 g/mol. The summed E-state index contributed by atoms with van der Waals surface area (Å²) in [6.07, 6.45) is 5.75. The van der Waals surface area contributed by atoms with Gasteiger partial charge in [0.15, 0.2) is 5.96 Å². The Balaban J connectivity index is 3.45. The van der Waals surface area contributed by atoms with E-state index in [4.69, 9.17) is 9.47 Å². The van der Waals surface area contributed by atoms with Crippen molar-refractivity contribution < 1.29 is 14.3 Å². The van der Waals surface area contributed by atoms with Crippen molar-refractivity contribution in [2.45, 2.75) is 59.3 Å². The summed E-state index contributed by atoms with van der Waals surface area (Å²) in [5.74, 6) is 1.41. The third-order valence-corrected chi connectivity index (χ3v) is 3.51. The Bertz CT molecular complexity index is 333. The summed E-state index contributed by atoms with van der Waals surface area (Å²) in [5.41, 5.74) is 0. The van der Waals surface area contributed by atoms with Crippen molar-refractivity contribution >= 4 is 11.9 Å². The fraction of sp³-hybridized carbons (Fsp3) is 0.889. The van der Waals surface area contributed by atoms with E-state index in [1.807, 2.05) is 6.92 Å². The minimum Gasteiger partial charge on any atom is -0.466 e. The number of carbonyl (C=O) groups is 1. The first-order valence-corrected chi connectivity index (χ1v) is 9.28. The zero-order valence-corrected chi connectivity index (χ0v) is 16.0. The number of guanidine groups is 1. The van der Waals surface area contributed by atoms with Gasteiger partial charge in [0, 0.05) is 33.2 Å². The van der Waals surface area contributed by atoms with Crippen molar-refractivity contribution in [3.8, 4) is 0 Å². The number of unbranched alkanes of at least 4 members (excludes halogenated alkanes) is 3. The summed E-state index contributed by atoms with van der Waals surface area (Å²) < 4.78 is 10.5. The molecule has 142 valence electrons. The molecule has 24 heavy (non-hydrogen) atoms. The van der Waals surface area contributed by atoms with Gasteiger partial charge >= 0.3 is 5.97 Å². The quantitative estimate of drug-likeness (QED) is 0.220. The smallest absolute Gasteiger partial charge is 0.305 e. The zero-order chi connectivity index (χ0) is 18.0. The molecule has 0 fully saturated rings. The second-order valence-electron chi connectivity index (χ2n) is 6.19. The average Bonchev–Trinajstić information content (AvgIpc) is 2.55. The summed E-state index contributed by atoms with van der Waals surface area (Å²) in [4.78, 5) is 15.4. The van der Waals surface area contributed by atoms with E-state index in [9.17, 15) is 4.79 Å². The molecule has 0 aromatic carbocycles. The van der Waals surface area contributed by atoms with Gasteiger partial charge in [0.05, 0.1) is 13.2 Å². The Labute approximate surface area is 147 Å². The molecule has 0 amide bonds. The third kappa shape index (κ3) is 15.6. The van der Waals surface area contributed by atoms with Gasteiger partial charge in [0.1, 0.15) is 0 Å². The number of aliphatic imine (C=N–C) groups is 1. The standard InChI is InChI=1S/C18H37N3O3/c1-5-24-17(22)10-8-6-7-9-12-20-18(19-4)21-13-15-23-14-11-16(2)3/h16H,5-15H2,1-4H3,(H2,19,20,21). The second kappa shape index (κ2) is 16.6. The fourth-order valence-corrected chi connectivity index (χ4v) is 2.07. The Morgan fingerprint density at radius 3 is 2.42 bits per heavy atom. The first kappa shape index (κ1) is 22.7. The van der Waals surface area contributed by atoms with Gasteiger partial charge in [-0.2, -0.15) is 0 Å². The van der Waals surface area contributed by atoms with Gasteiger partial charge in [-0.05, 0) is 32.1 Å². The van der Waals surface area contributed by atoms with Gasteiger partial charge in [-0.15, -0.1) is 0 Å². The molecule has 0 saturated heterocycles. The van der Waals surface area contributed by atoms with Gasteiger partial charge < -0.3 is 20.1 Å². The molecule has 0 heterocycles. The molecule has 0 radical (unpaired) electrons. The Morgan fingerprint density at radius 2 is 1.75 bits per heavy atom. The van der Waals surface area contributed by atoms with Crippen molar-refractivity contribution in [3.63, 3.8) is 0 Å². The third-order valence-electron chi connectivity index (χ3n) is 3.51. The van der Waals surface area contributed by atoms with Crippen LogP contribution in [0.15, 0.2) is 4.99 Å². The molecule has 0 aromatic rings. The molecular formula is C18H37N3O3. The van der Waals surface area contributed by atoms with Crippen LogP contribution in [0, 0.1) is 5.92 Å². The number of nitrogens with one attached hydrogen (secondary N) is 2. The largest absolute Gasteiger partial charge is 0.466 e. The highest BCUT2D eigenvalue weighted by molar-refractivity contribution is 5.79. The molecule has 0 atom stereocenters. The lowest BCUT2D eigenvalue weighted by Crippen LogP contribution is -2.39. The van der Waals surface area contributed by atoms with Crippen LogP contribution in [-0.4, -0.2) is 51.9 Å². The van der Waals surface area contributed by atoms with Crippen molar-refractivity contribution in [3.05, 3.63) is 0 Å². The van der Waals surface area contributed by atoms with Crippen molar-refractivity contribution in [2.24, 2.45) is 10.9 Å². The highest BCUT2D eigenvalue weighted by Gasteiger charge is 2.01. The monoisotopic (exact) mass is 343 g/mol. The molecule has 0 spiro atoms. The molecule has 6 heteroatoms. The molecule has 0 aromatic heterocycles. The Hall–Kier alpha value is -1.30. The maximum Gasteiger partial charge on any atom is 0.305 e. The molecule has 0 aliphatic rings. The first-order valence-electron chi connectivity index (χ1n) is 9.28. The van der Waals surface area contributed by atoms with E-state index in [-0.39, 0.29) is 5.97 Å². The van der Waals surface area contributed by atoms with Gasteiger partial charge in [0.25, 0.3) is 0 Å². The van der Waals surface area contributed by atoms with E-state index in [2.05, 4.69) is 29.5 Å². The number of carbonyl (C=O) groups excluding carboxylic acids is 1. The van der Waals surface area contributed by atoms with Gasteiger partial charge in [-0.25, -0.2) is 0 Å². The van der Waals surface area contributed by atoms with Crippen LogP contribution in [0.3, 0.4) is 0 Å². The van der Waals surface area contributed by atoms with Crippen LogP contribution in [0.2, 0.25) is 0 Å². The fourth-order valence-electron chi connectivity index (χ4n) is 2.07. The zero-order valence-electron chi connectivity index (χ0n) is 16.0. The number of rotatable bonds is 14. The summed E-state index contributed by atoms with van der Waals surface area (Å²) in [6, 6.07) is 0. The molecule has 6 nitrogen and oxygen atoms in total. The number of hydrogen-bond donors (Lipinski definition) is 2. The van der Waals surface area contributed by atoms with Crippen LogP contribution < -0.4 is 10.6 Å². The number of hydrogen-bond acceptors (Lipinski definition) is 4. The summed E-state index contributed by atoms with van der Waals surface area (Å²) in [6.45, 7) is 9.86. The van der Waals surface area contributed by atoms with Crippen LogP contribution >= 0.6 is 0 Å². The number of ether oxygens (including phenoxy) is 2. The summed E-state index contributed by atoms with van der Waals surface area (Å²) in [5, 5.41) is 6.53. The summed E-state index contributed by atoms with van der Waals surface area (Å²) >= 11 is 0. The number of nitrogens with zero attached hydrogens (tertiary/aromatic N) is 1. The Kier molecular flexibility index (Phi) is 15.7. The van der Waals surface area contributed by atoms with Crippen LogP contribution in [0.25, 0.3) is 0 Å². The van der Waals surface area contributed by atoms with Crippen LogP contribution in [0.1, 0.15) is 59.3 Å². The lowest BCUT2D eigenvalue weighted by molar-refractivity contribution is -0.143. The maximum atomic E-state index is 11.2. The van der Waals surface area contributed by atoms with Gasteiger partial charge in [0.2, 0.25) is 0 Å². The minimum atomic E-state index is -0.0872. The minimum absolute atomic E-state index is 0.0872. The van der Waals surface area contributed by atoms with Crippen molar-refractivity contribution in [1.82, 2.24) is 10.6 Å². The molecule has 0 saturated carbocycles. The normalized spacial score (nSPS) is 11.6. The van der Waals surface area contributed by atoms with Gasteiger partial charge in [-0.3, -0.25) is 9.79 Å². The second-order valence-corrected chi connectivity index (χ2v) is 6.19.